The van der Waals surface area contributed by atoms with Crippen molar-refractivity contribution in [3.63, 3.8) is 0 Å². The molecule has 0 saturated heterocycles. The van der Waals surface area contributed by atoms with Crippen LogP contribution in [0.4, 0.5) is 5.69 Å². The predicted molar refractivity (Wildman–Crippen MR) is 134 cm³/mol. The SMILES string of the molecule is Cc1ccc(N2C(=O)c3cc(-c4ccco4)nn3C[C@]2(C)C(=O)NCc2ccccc2C)c(C)c1. The fraction of sp³-hybridized carbons (Fsp3) is 0.250. The van der Waals surface area contributed by atoms with Crippen LogP contribution in [0.15, 0.2) is 71.3 Å². The molecule has 0 radical (unpaired) electrons. The highest BCUT2D eigenvalue weighted by molar-refractivity contribution is 6.12. The Morgan fingerprint density at radius 1 is 1.06 bits per heavy atom. The van der Waals surface area contributed by atoms with E-state index in [-0.39, 0.29) is 18.4 Å². The monoisotopic (exact) mass is 468 g/mol. The molecular weight excluding hydrogens is 440 g/mol. The van der Waals surface area contributed by atoms with Gasteiger partial charge in [-0.15, -0.1) is 0 Å². The molecule has 0 spiro atoms. The molecule has 7 heteroatoms. The summed E-state index contributed by atoms with van der Waals surface area (Å²) in [6.45, 7) is 8.37. The zero-order valence-corrected chi connectivity index (χ0v) is 20.3. The molecule has 1 atom stereocenters. The predicted octanol–water partition coefficient (Wildman–Crippen LogP) is 4.80. The van der Waals surface area contributed by atoms with Crippen molar-refractivity contribution in [2.45, 2.75) is 46.3 Å². The third-order valence-electron chi connectivity index (χ3n) is 6.71. The minimum Gasteiger partial charge on any atom is -0.463 e. The van der Waals surface area contributed by atoms with E-state index in [1.165, 1.54) is 0 Å². The first-order valence-electron chi connectivity index (χ1n) is 11.6. The van der Waals surface area contributed by atoms with Crippen LogP contribution >= 0.6 is 0 Å². The van der Waals surface area contributed by atoms with Crippen molar-refractivity contribution in [3.8, 4) is 11.5 Å². The maximum absolute atomic E-state index is 13.9. The number of hydrogen-bond acceptors (Lipinski definition) is 4. The van der Waals surface area contributed by atoms with Gasteiger partial charge in [0.05, 0.1) is 12.8 Å². The van der Waals surface area contributed by atoms with Gasteiger partial charge in [-0.05, 0) is 62.6 Å². The first-order chi connectivity index (χ1) is 16.8. The second-order valence-electron chi connectivity index (χ2n) is 9.36. The van der Waals surface area contributed by atoms with E-state index in [9.17, 15) is 9.59 Å². The zero-order chi connectivity index (χ0) is 24.7. The Balaban J connectivity index is 1.57. The molecule has 2 amide bonds. The number of aryl methyl sites for hydroxylation is 3. The lowest BCUT2D eigenvalue weighted by atomic mass is 9.92. The van der Waals surface area contributed by atoms with Crippen LogP contribution in [-0.4, -0.2) is 27.1 Å². The summed E-state index contributed by atoms with van der Waals surface area (Å²) in [5, 5.41) is 7.69. The van der Waals surface area contributed by atoms with E-state index in [1.807, 2.05) is 63.2 Å². The van der Waals surface area contributed by atoms with Gasteiger partial charge in [0.1, 0.15) is 16.9 Å². The Bertz CT molecular complexity index is 1420. The second-order valence-corrected chi connectivity index (χ2v) is 9.36. The van der Waals surface area contributed by atoms with Gasteiger partial charge >= 0.3 is 0 Å². The first-order valence-corrected chi connectivity index (χ1v) is 11.6. The lowest BCUT2D eigenvalue weighted by Gasteiger charge is -2.43. The van der Waals surface area contributed by atoms with Gasteiger partial charge in [0.15, 0.2) is 5.76 Å². The Kier molecular flexibility index (Phi) is 5.55. The van der Waals surface area contributed by atoms with Crippen molar-refractivity contribution in [2.75, 3.05) is 4.90 Å². The maximum Gasteiger partial charge on any atom is 0.277 e. The number of furan rings is 1. The van der Waals surface area contributed by atoms with Gasteiger partial charge < -0.3 is 9.73 Å². The summed E-state index contributed by atoms with van der Waals surface area (Å²) in [6, 6.07) is 19.1. The number of aromatic nitrogens is 2. The Labute approximate surface area is 204 Å². The van der Waals surface area contributed by atoms with Crippen LogP contribution < -0.4 is 10.2 Å². The number of amides is 2. The molecule has 1 aliphatic rings. The van der Waals surface area contributed by atoms with E-state index in [0.29, 0.717) is 29.4 Å². The average Bonchev–Trinajstić information content (AvgIpc) is 3.50. The van der Waals surface area contributed by atoms with Crippen molar-refractivity contribution >= 4 is 17.5 Å². The molecule has 5 rings (SSSR count). The van der Waals surface area contributed by atoms with Crippen molar-refractivity contribution < 1.29 is 14.0 Å². The standard InChI is InChI=1S/C28H28N4O3/c1-18-11-12-23(20(3)14-18)32-26(33)24-15-22(25-10-7-13-35-25)30-31(24)17-28(32,4)27(34)29-16-21-9-6-5-8-19(21)2/h5-15H,16-17H2,1-4H3,(H,29,34)/t28-/m1/s1. The molecule has 2 aromatic carbocycles. The number of rotatable bonds is 5. The minimum absolute atomic E-state index is 0.210. The smallest absolute Gasteiger partial charge is 0.277 e. The molecule has 35 heavy (non-hydrogen) atoms. The molecule has 0 saturated carbocycles. The average molecular weight is 469 g/mol. The highest BCUT2D eigenvalue weighted by Crippen LogP contribution is 2.36. The molecule has 4 aromatic rings. The van der Waals surface area contributed by atoms with Gasteiger partial charge in [-0.3, -0.25) is 19.2 Å². The number of hydrogen-bond donors (Lipinski definition) is 1. The number of nitrogens with zero attached hydrogens (tertiary/aromatic N) is 3. The van der Waals surface area contributed by atoms with Crippen molar-refractivity contribution in [1.82, 2.24) is 15.1 Å². The molecule has 0 unspecified atom stereocenters. The molecule has 178 valence electrons. The summed E-state index contributed by atoms with van der Waals surface area (Å²) < 4.78 is 7.11. The van der Waals surface area contributed by atoms with E-state index in [1.54, 1.807) is 41.0 Å². The van der Waals surface area contributed by atoms with Crippen LogP contribution in [-0.2, 0) is 17.9 Å². The molecule has 3 heterocycles. The quantitative estimate of drug-likeness (QED) is 0.456. The minimum atomic E-state index is -1.20. The van der Waals surface area contributed by atoms with Crippen molar-refractivity contribution in [3.05, 3.63) is 94.9 Å². The van der Waals surface area contributed by atoms with E-state index in [4.69, 9.17) is 4.42 Å². The summed E-state index contributed by atoms with van der Waals surface area (Å²) in [5.74, 6) is 0.0558. The van der Waals surface area contributed by atoms with Crippen LogP contribution in [0.25, 0.3) is 11.5 Å². The topological polar surface area (TPSA) is 80.4 Å². The van der Waals surface area contributed by atoms with Gasteiger partial charge in [0, 0.05) is 18.3 Å². The Morgan fingerprint density at radius 2 is 1.86 bits per heavy atom. The summed E-state index contributed by atoms with van der Waals surface area (Å²) in [5.41, 5.74) is 4.64. The van der Waals surface area contributed by atoms with Crippen molar-refractivity contribution in [1.29, 1.82) is 0 Å². The number of carbonyl (C=O) groups excluding carboxylic acids is 2. The van der Waals surface area contributed by atoms with Crippen LogP contribution in [0.1, 0.15) is 39.7 Å². The van der Waals surface area contributed by atoms with Gasteiger partial charge in [0.2, 0.25) is 5.91 Å². The maximum atomic E-state index is 13.9. The lowest BCUT2D eigenvalue weighted by molar-refractivity contribution is -0.126. The first kappa shape index (κ1) is 22.7. The van der Waals surface area contributed by atoms with E-state index >= 15 is 0 Å². The van der Waals surface area contributed by atoms with Gasteiger partial charge in [0.25, 0.3) is 5.91 Å². The van der Waals surface area contributed by atoms with Crippen LogP contribution in [0, 0.1) is 20.8 Å². The number of nitrogens with one attached hydrogen (secondary N) is 1. The van der Waals surface area contributed by atoms with E-state index in [0.717, 1.165) is 22.3 Å². The molecule has 2 aromatic heterocycles. The fourth-order valence-electron chi connectivity index (χ4n) is 4.73. The molecule has 0 bridgehead atoms. The number of anilines is 1. The number of fused-ring (bicyclic) bond motifs is 1. The summed E-state index contributed by atoms with van der Waals surface area (Å²) >= 11 is 0. The molecule has 1 aliphatic heterocycles. The van der Waals surface area contributed by atoms with Crippen LogP contribution in [0.5, 0.6) is 0 Å². The molecule has 0 aliphatic carbocycles. The van der Waals surface area contributed by atoms with Crippen molar-refractivity contribution in [2.24, 2.45) is 0 Å². The summed E-state index contributed by atoms with van der Waals surface area (Å²) in [6.07, 6.45) is 1.57. The third-order valence-corrected chi connectivity index (χ3v) is 6.71. The van der Waals surface area contributed by atoms with Gasteiger partial charge in [-0.2, -0.15) is 5.10 Å². The van der Waals surface area contributed by atoms with Gasteiger partial charge in [-0.25, -0.2) is 0 Å². The largest absolute Gasteiger partial charge is 0.463 e. The van der Waals surface area contributed by atoms with Crippen LogP contribution in [0.3, 0.4) is 0 Å². The normalized spacial score (nSPS) is 17.4. The van der Waals surface area contributed by atoms with E-state index < -0.39 is 5.54 Å². The highest BCUT2D eigenvalue weighted by Gasteiger charge is 2.49. The lowest BCUT2D eigenvalue weighted by Crippen LogP contribution is -2.64. The number of carbonyl (C=O) groups is 2. The Morgan fingerprint density at radius 3 is 2.57 bits per heavy atom. The summed E-state index contributed by atoms with van der Waals surface area (Å²) in [4.78, 5) is 29.4. The molecule has 0 fully saturated rings. The molecular formula is C28H28N4O3. The van der Waals surface area contributed by atoms with E-state index in [2.05, 4.69) is 10.4 Å². The number of benzene rings is 2. The molecule has 1 N–H and O–H groups in total. The van der Waals surface area contributed by atoms with Crippen LogP contribution in [0.2, 0.25) is 0 Å². The highest BCUT2D eigenvalue weighted by atomic mass is 16.3. The third kappa shape index (κ3) is 3.93. The molecule has 7 nitrogen and oxygen atoms in total. The fourth-order valence-corrected chi connectivity index (χ4v) is 4.73. The Hall–Kier alpha value is -4.13. The van der Waals surface area contributed by atoms with Gasteiger partial charge in [-0.1, -0.05) is 42.0 Å². The summed E-state index contributed by atoms with van der Waals surface area (Å²) in [7, 11) is 0. The zero-order valence-electron chi connectivity index (χ0n) is 20.3. The second kappa shape index (κ2) is 8.58.